The van der Waals surface area contributed by atoms with Crippen molar-refractivity contribution in [2.24, 2.45) is 11.8 Å². The van der Waals surface area contributed by atoms with Crippen LogP contribution in [0.3, 0.4) is 0 Å². The van der Waals surface area contributed by atoms with Crippen LogP contribution in [0.15, 0.2) is 24.3 Å². The fourth-order valence-corrected chi connectivity index (χ4v) is 3.69. The molecule has 0 bridgehead atoms. The molecule has 0 radical (unpaired) electrons. The van der Waals surface area contributed by atoms with Crippen LogP contribution in [0.4, 0.5) is 0 Å². The van der Waals surface area contributed by atoms with Crippen molar-refractivity contribution in [3.8, 4) is 0 Å². The van der Waals surface area contributed by atoms with Gasteiger partial charge >= 0.3 is 5.97 Å². The third-order valence-electron chi connectivity index (χ3n) is 5.20. The molecule has 0 aromatic heterocycles. The first kappa shape index (κ1) is 17.2. The molecular formula is C18H22ClNO4. The molecule has 2 fully saturated rings. The Morgan fingerprint density at radius 2 is 2.04 bits per heavy atom. The molecule has 2 N–H and O–H groups in total. The second-order valence-corrected chi connectivity index (χ2v) is 7.13. The summed E-state index contributed by atoms with van der Waals surface area (Å²) < 4.78 is 5.30. The number of hydrogen-bond acceptors (Lipinski definition) is 3. The van der Waals surface area contributed by atoms with Gasteiger partial charge in [-0.3, -0.25) is 9.59 Å². The Labute approximate surface area is 146 Å². The summed E-state index contributed by atoms with van der Waals surface area (Å²) in [5, 5.41) is 13.0. The molecule has 1 saturated carbocycles. The van der Waals surface area contributed by atoms with E-state index in [0.717, 1.165) is 31.2 Å². The first-order valence-corrected chi connectivity index (χ1v) is 8.75. The average molecular weight is 352 g/mol. The molecule has 6 heteroatoms. The number of carboxylic acids is 1. The van der Waals surface area contributed by atoms with Gasteiger partial charge in [0, 0.05) is 24.8 Å². The zero-order valence-electron chi connectivity index (χ0n) is 13.5. The zero-order valence-corrected chi connectivity index (χ0v) is 14.2. The highest BCUT2D eigenvalue weighted by atomic mass is 35.5. The lowest BCUT2D eigenvalue weighted by atomic mass is 9.85. The van der Waals surface area contributed by atoms with Gasteiger partial charge < -0.3 is 15.2 Å². The molecule has 1 amide bonds. The van der Waals surface area contributed by atoms with Crippen molar-refractivity contribution >= 4 is 23.5 Å². The number of halogens is 1. The van der Waals surface area contributed by atoms with Crippen LogP contribution in [-0.4, -0.2) is 36.7 Å². The zero-order chi connectivity index (χ0) is 17.2. The maximum atomic E-state index is 12.7. The lowest BCUT2D eigenvalue weighted by molar-refractivity contribution is -0.145. The fraction of sp³-hybridized carbons (Fsp3) is 0.556. The molecule has 1 unspecified atom stereocenters. The van der Waals surface area contributed by atoms with E-state index in [0.29, 0.717) is 18.2 Å². The van der Waals surface area contributed by atoms with Gasteiger partial charge in [0.2, 0.25) is 5.91 Å². The fourth-order valence-electron chi connectivity index (χ4n) is 3.50. The summed E-state index contributed by atoms with van der Waals surface area (Å²) in [5.41, 5.74) is 0.370. The summed E-state index contributed by atoms with van der Waals surface area (Å²) in [6.45, 7) is 1.35. The van der Waals surface area contributed by atoms with Crippen molar-refractivity contribution in [3.05, 3.63) is 34.9 Å². The third kappa shape index (κ3) is 3.57. The molecule has 130 valence electrons. The Kier molecular flexibility index (Phi) is 5.11. The third-order valence-corrected chi connectivity index (χ3v) is 5.43. The highest BCUT2D eigenvalue weighted by molar-refractivity contribution is 6.30. The van der Waals surface area contributed by atoms with Gasteiger partial charge in [0.05, 0.1) is 11.3 Å². The van der Waals surface area contributed by atoms with E-state index in [1.807, 2.05) is 18.2 Å². The molecular weight excluding hydrogens is 330 g/mol. The quantitative estimate of drug-likeness (QED) is 0.826. The number of rotatable bonds is 6. The van der Waals surface area contributed by atoms with Crippen molar-refractivity contribution in [2.75, 3.05) is 19.8 Å². The van der Waals surface area contributed by atoms with Gasteiger partial charge in [0.25, 0.3) is 0 Å². The minimum atomic E-state index is -0.852. The van der Waals surface area contributed by atoms with E-state index >= 15 is 0 Å². The highest BCUT2D eigenvalue weighted by Crippen LogP contribution is 2.48. The average Bonchev–Trinajstić information content (AvgIpc) is 3.37. The van der Waals surface area contributed by atoms with Gasteiger partial charge in [-0.25, -0.2) is 0 Å². The summed E-state index contributed by atoms with van der Waals surface area (Å²) in [6, 6.07) is 7.35. The predicted molar refractivity (Wildman–Crippen MR) is 90.0 cm³/mol. The first-order chi connectivity index (χ1) is 11.5. The van der Waals surface area contributed by atoms with E-state index in [1.165, 1.54) is 0 Å². The lowest BCUT2D eigenvalue weighted by Gasteiger charge is -2.28. The Morgan fingerprint density at radius 1 is 1.33 bits per heavy atom. The van der Waals surface area contributed by atoms with Crippen LogP contribution in [0.5, 0.6) is 0 Å². The predicted octanol–water partition coefficient (Wildman–Crippen LogP) is 2.62. The second-order valence-electron chi connectivity index (χ2n) is 6.70. The maximum absolute atomic E-state index is 12.7. The first-order valence-electron chi connectivity index (χ1n) is 8.38. The second kappa shape index (κ2) is 7.11. The molecule has 1 atom stereocenters. The van der Waals surface area contributed by atoms with E-state index in [-0.39, 0.29) is 18.4 Å². The standard InChI is InChI=1S/C18H22ClNO4/c19-14-3-1-2-13(10-14)18(6-7-18)17(23)20-11-15(16(21)22)12-4-8-24-9-5-12/h1-3,10,12,15H,4-9,11H2,(H,20,23)(H,21,22). The van der Waals surface area contributed by atoms with Crippen LogP contribution >= 0.6 is 11.6 Å². The van der Waals surface area contributed by atoms with Crippen molar-refractivity contribution in [1.29, 1.82) is 0 Å². The minimum Gasteiger partial charge on any atom is -0.481 e. The highest BCUT2D eigenvalue weighted by Gasteiger charge is 2.51. The number of carbonyl (C=O) groups is 2. The van der Waals surface area contributed by atoms with E-state index in [2.05, 4.69) is 5.32 Å². The van der Waals surface area contributed by atoms with Crippen LogP contribution in [0, 0.1) is 11.8 Å². The largest absolute Gasteiger partial charge is 0.481 e. The van der Waals surface area contributed by atoms with E-state index in [1.54, 1.807) is 6.07 Å². The number of benzene rings is 1. The molecule has 3 rings (SSSR count). The molecule has 2 aliphatic rings. The number of aliphatic carboxylic acids is 1. The van der Waals surface area contributed by atoms with Gasteiger partial charge in [-0.05, 0) is 49.3 Å². The number of carbonyl (C=O) groups excluding carboxylic acids is 1. The van der Waals surface area contributed by atoms with Gasteiger partial charge in [0.1, 0.15) is 0 Å². The van der Waals surface area contributed by atoms with E-state index < -0.39 is 17.3 Å². The molecule has 1 aromatic carbocycles. The Balaban J connectivity index is 1.64. The Bertz CT molecular complexity index is 623. The molecule has 1 heterocycles. The summed E-state index contributed by atoms with van der Waals surface area (Å²) in [7, 11) is 0. The SMILES string of the molecule is O=C(O)C(CNC(=O)C1(c2cccc(Cl)c2)CC1)C1CCOCC1. The maximum Gasteiger partial charge on any atom is 0.308 e. The van der Waals surface area contributed by atoms with E-state index in [9.17, 15) is 14.7 Å². The number of carboxylic acid groups (broad SMARTS) is 1. The van der Waals surface area contributed by atoms with Crippen LogP contribution in [0.1, 0.15) is 31.2 Å². The van der Waals surface area contributed by atoms with Crippen molar-refractivity contribution < 1.29 is 19.4 Å². The van der Waals surface area contributed by atoms with Crippen molar-refractivity contribution in [2.45, 2.75) is 31.1 Å². The van der Waals surface area contributed by atoms with Gasteiger partial charge in [-0.15, -0.1) is 0 Å². The molecule has 1 saturated heterocycles. The summed E-state index contributed by atoms with van der Waals surface area (Å²) in [6.07, 6.45) is 3.00. The molecule has 0 spiro atoms. The molecule has 1 aliphatic carbocycles. The number of nitrogens with one attached hydrogen (secondary N) is 1. The molecule has 1 aromatic rings. The van der Waals surface area contributed by atoms with Crippen LogP contribution in [0.2, 0.25) is 5.02 Å². The number of ether oxygens (including phenoxy) is 1. The van der Waals surface area contributed by atoms with Crippen molar-refractivity contribution in [1.82, 2.24) is 5.32 Å². The van der Waals surface area contributed by atoms with Crippen LogP contribution in [-0.2, 0) is 19.7 Å². The molecule has 1 aliphatic heterocycles. The van der Waals surface area contributed by atoms with Crippen LogP contribution in [0.25, 0.3) is 0 Å². The smallest absolute Gasteiger partial charge is 0.308 e. The van der Waals surface area contributed by atoms with Crippen LogP contribution < -0.4 is 5.32 Å². The minimum absolute atomic E-state index is 0.0536. The van der Waals surface area contributed by atoms with Gasteiger partial charge in [-0.2, -0.15) is 0 Å². The summed E-state index contributed by atoms with van der Waals surface area (Å²) in [5.74, 6) is -1.45. The van der Waals surface area contributed by atoms with Gasteiger partial charge in [0.15, 0.2) is 0 Å². The van der Waals surface area contributed by atoms with Gasteiger partial charge in [-0.1, -0.05) is 23.7 Å². The Hall–Kier alpha value is -1.59. The molecule has 24 heavy (non-hydrogen) atoms. The Morgan fingerprint density at radius 3 is 2.62 bits per heavy atom. The number of amides is 1. The van der Waals surface area contributed by atoms with Crippen molar-refractivity contribution in [3.63, 3.8) is 0 Å². The molecule has 5 nitrogen and oxygen atoms in total. The van der Waals surface area contributed by atoms with E-state index in [4.69, 9.17) is 16.3 Å². The lowest BCUT2D eigenvalue weighted by Crippen LogP contribution is -2.42. The monoisotopic (exact) mass is 351 g/mol. The summed E-state index contributed by atoms with van der Waals surface area (Å²) in [4.78, 5) is 24.3. The normalized spacial score (nSPS) is 21.0. The topological polar surface area (TPSA) is 75.6 Å². The number of hydrogen-bond donors (Lipinski definition) is 2. The summed E-state index contributed by atoms with van der Waals surface area (Å²) >= 11 is 6.03.